The highest BCUT2D eigenvalue weighted by Crippen LogP contribution is 2.28. The van der Waals surface area contributed by atoms with Crippen molar-refractivity contribution in [1.82, 2.24) is 0 Å². The van der Waals surface area contributed by atoms with Crippen molar-refractivity contribution in [3.63, 3.8) is 0 Å². The lowest BCUT2D eigenvalue weighted by Gasteiger charge is -2.27. The number of hydrogen-bond acceptors (Lipinski definition) is 2. The second-order valence-electron chi connectivity index (χ2n) is 5.24. The third kappa shape index (κ3) is 2.38. The van der Waals surface area contributed by atoms with Gasteiger partial charge in [-0.15, -0.1) is 0 Å². The Bertz CT molecular complexity index is 336. The van der Waals surface area contributed by atoms with Crippen LogP contribution in [0.4, 0.5) is 0 Å². The van der Waals surface area contributed by atoms with Gasteiger partial charge in [-0.3, -0.25) is 0 Å². The first kappa shape index (κ1) is 11.5. The summed E-state index contributed by atoms with van der Waals surface area (Å²) in [5, 5.41) is 9.28. The standard InChI is InChI=1S/C14H20O2/c1-14(2,10-15)11-6-8-13(9-7-11)16-12-4-3-5-12/h6-9,12,15H,3-5,10H2,1-2H3. The zero-order valence-electron chi connectivity index (χ0n) is 10.1. The van der Waals surface area contributed by atoms with Crippen LogP contribution in [0.25, 0.3) is 0 Å². The summed E-state index contributed by atoms with van der Waals surface area (Å²) < 4.78 is 5.79. The summed E-state index contributed by atoms with van der Waals surface area (Å²) in [5.74, 6) is 0.946. The molecular weight excluding hydrogens is 200 g/mol. The summed E-state index contributed by atoms with van der Waals surface area (Å²) in [6.45, 7) is 4.24. The third-order valence-corrected chi connectivity index (χ3v) is 3.39. The fraction of sp³-hybridized carbons (Fsp3) is 0.571. The Balaban J connectivity index is 2.03. The van der Waals surface area contributed by atoms with Crippen LogP contribution in [-0.4, -0.2) is 17.8 Å². The average molecular weight is 220 g/mol. The molecule has 2 rings (SSSR count). The van der Waals surface area contributed by atoms with E-state index in [-0.39, 0.29) is 12.0 Å². The van der Waals surface area contributed by atoms with E-state index in [0.717, 1.165) is 11.3 Å². The maximum Gasteiger partial charge on any atom is 0.119 e. The fourth-order valence-corrected chi connectivity index (χ4v) is 1.76. The summed E-state index contributed by atoms with van der Waals surface area (Å²) in [6.07, 6.45) is 4.09. The maximum atomic E-state index is 9.28. The summed E-state index contributed by atoms with van der Waals surface area (Å²) >= 11 is 0. The van der Waals surface area contributed by atoms with Crippen molar-refractivity contribution in [2.24, 2.45) is 0 Å². The van der Waals surface area contributed by atoms with E-state index in [9.17, 15) is 5.11 Å². The van der Waals surface area contributed by atoms with Gasteiger partial charge >= 0.3 is 0 Å². The molecule has 16 heavy (non-hydrogen) atoms. The molecule has 1 aromatic rings. The normalized spacial score (nSPS) is 16.9. The average Bonchev–Trinajstić information content (AvgIpc) is 2.24. The first-order valence-corrected chi connectivity index (χ1v) is 6.00. The molecule has 2 nitrogen and oxygen atoms in total. The van der Waals surface area contributed by atoms with Crippen LogP contribution in [0.3, 0.4) is 0 Å². The van der Waals surface area contributed by atoms with Crippen LogP contribution in [0, 0.1) is 0 Å². The number of rotatable bonds is 4. The molecule has 1 fully saturated rings. The van der Waals surface area contributed by atoms with Gasteiger partial charge in [0.25, 0.3) is 0 Å². The molecule has 0 amide bonds. The molecule has 0 spiro atoms. The van der Waals surface area contributed by atoms with Gasteiger partial charge in [-0.05, 0) is 37.0 Å². The van der Waals surface area contributed by atoms with Gasteiger partial charge in [-0.1, -0.05) is 26.0 Å². The molecule has 0 atom stereocenters. The molecule has 0 unspecified atom stereocenters. The Morgan fingerprint density at radius 2 is 1.88 bits per heavy atom. The van der Waals surface area contributed by atoms with E-state index in [1.807, 2.05) is 38.1 Å². The molecule has 0 aromatic heterocycles. The van der Waals surface area contributed by atoms with Crippen LogP contribution in [0.2, 0.25) is 0 Å². The van der Waals surface area contributed by atoms with Gasteiger partial charge in [0.15, 0.2) is 0 Å². The molecule has 1 aliphatic rings. The summed E-state index contributed by atoms with van der Waals surface area (Å²) in [4.78, 5) is 0. The highest BCUT2D eigenvalue weighted by atomic mass is 16.5. The second kappa shape index (κ2) is 4.46. The molecule has 0 aliphatic heterocycles. The Morgan fingerprint density at radius 3 is 2.31 bits per heavy atom. The minimum absolute atomic E-state index is 0.163. The maximum absolute atomic E-state index is 9.28. The topological polar surface area (TPSA) is 29.5 Å². The van der Waals surface area contributed by atoms with E-state index >= 15 is 0 Å². The van der Waals surface area contributed by atoms with Crippen LogP contribution >= 0.6 is 0 Å². The van der Waals surface area contributed by atoms with Crippen LogP contribution < -0.4 is 4.74 Å². The predicted molar refractivity (Wildman–Crippen MR) is 64.8 cm³/mol. The molecule has 0 bridgehead atoms. The monoisotopic (exact) mass is 220 g/mol. The van der Waals surface area contributed by atoms with Gasteiger partial charge in [0.05, 0.1) is 12.7 Å². The largest absolute Gasteiger partial charge is 0.490 e. The molecule has 0 radical (unpaired) electrons. The van der Waals surface area contributed by atoms with Crippen molar-refractivity contribution in [2.75, 3.05) is 6.61 Å². The molecule has 1 aliphatic carbocycles. The van der Waals surface area contributed by atoms with Crippen LogP contribution in [0.5, 0.6) is 5.75 Å². The lowest BCUT2D eigenvalue weighted by atomic mass is 9.86. The summed E-state index contributed by atoms with van der Waals surface area (Å²) in [5.41, 5.74) is 0.977. The quantitative estimate of drug-likeness (QED) is 0.845. The number of benzene rings is 1. The Labute approximate surface area is 97.3 Å². The number of aliphatic hydroxyl groups excluding tert-OH is 1. The predicted octanol–water partition coefficient (Wildman–Crippen LogP) is 2.89. The Kier molecular flexibility index (Phi) is 3.20. The van der Waals surface area contributed by atoms with Crippen LogP contribution in [-0.2, 0) is 5.41 Å². The molecule has 88 valence electrons. The first-order chi connectivity index (χ1) is 7.62. The molecule has 1 N–H and O–H groups in total. The van der Waals surface area contributed by atoms with Crippen molar-refractivity contribution in [2.45, 2.75) is 44.6 Å². The molecule has 1 aromatic carbocycles. The van der Waals surface area contributed by atoms with Crippen molar-refractivity contribution < 1.29 is 9.84 Å². The fourth-order valence-electron chi connectivity index (χ4n) is 1.76. The Morgan fingerprint density at radius 1 is 1.25 bits per heavy atom. The van der Waals surface area contributed by atoms with Gasteiger partial charge in [-0.2, -0.15) is 0 Å². The zero-order valence-corrected chi connectivity index (χ0v) is 10.1. The lowest BCUT2D eigenvalue weighted by molar-refractivity contribution is 0.120. The minimum Gasteiger partial charge on any atom is -0.490 e. The first-order valence-electron chi connectivity index (χ1n) is 6.00. The zero-order chi connectivity index (χ0) is 11.6. The van der Waals surface area contributed by atoms with Crippen molar-refractivity contribution in [1.29, 1.82) is 0 Å². The number of hydrogen-bond donors (Lipinski definition) is 1. The number of ether oxygens (including phenoxy) is 1. The summed E-state index contributed by atoms with van der Waals surface area (Å²) in [6, 6.07) is 8.10. The molecule has 2 heteroatoms. The molecule has 0 heterocycles. The highest BCUT2D eigenvalue weighted by Gasteiger charge is 2.21. The smallest absolute Gasteiger partial charge is 0.119 e. The third-order valence-electron chi connectivity index (χ3n) is 3.39. The van der Waals surface area contributed by atoms with Gasteiger partial charge in [0.1, 0.15) is 5.75 Å². The summed E-state index contributed by atoms with van der Waals surface area (Å²) in [7, 11) is 0. The number of aliphatic hydroxyl groups is 1. The van der Waals surface area contributed by atoms with E-state index in [0.29, 0.717) is 6.10 Å². The van der Waals surface area contributed by atoms with Gasteiger partial charge in [0, 0.05) is 5.41 Å². The molecule has 0 saturated heterocycles. The van der Waals surface area contributed by atoms with E-state index in [2.05, 4.69) is 0 Å². The SMILES string of the molecule is CC(C)(CO)c1ccc(OC2CCC2)cc1. The Hall–Kier alpha value is -1.02. The van der Waals surface area contributed by atoms with E-state index in [1.54, 1.807) is 0 Å². The van der Waals surface area contributed by atoms with E-state index in [1.165, 1.54) is 19.3 Å². The molecule has 1 saturated carbocycles. The minimum atomic E-state index is -0.172. The second-order valence-corrected chi connectivity index (χ2v) is 5.24. The van der Waals surface area contributed by atoms with Crippen molar-refractivity contribution >= 4 is 0 Å². The van der Waals surface area contributed by atoms with E-state index in [4.69, 9.17) is 4.74 Å². The van der Waals surface area contributed by atoms with E-state index < -0.39 is 0 Å². The van der Waals surface area contributed by atoms with Gasteiger partial charge in [-0.25, -0.2) is 0 Å². The van der Waals surface area contributed by atoms with Gasteiger partial charge < -0.3 is 9.84 Å². The molecular formula is C14H20O2. The van der Waals surface area contributed by atoms with Crippen molar-refractivity contribution in [3.05, 3.63) is 29.8 Å². The lowest BCUT2D eigenvalue weighted by Crippen LogP contribution is -2.25. The van der Waals surface area contributed by atoms with Crippen LogP contribution in [0.15, 0.2) is 24.3 Å². The van der Waals surface area contributed by atoms with Crippen LogP contribution in [0.1, 0.15) is 38.7 Å². The highest BCUT2D eigenvalue weighted by molar-refractivity contribution is 5.31. The van der Waals surface area contributed by atoms with Crippen molar-refractivity contribution in [3.8, 4) is 5.75 Å². The van der Waals surface area contributed by atoms with Gasteiger partial charge in [0.2, 0.25) is 0 Å².